The molecule has 1 unspecified atom stereocenters. The summed E-state index contributed by atoms with van der Waals surface area (Å²) in [7, 11) is 0. The predicted molar refractivity (Wildman–Crippen MR) is 79.3 cm³/mol. The standard InChI is InChI=1S/C13H14Cl3NO3/c1-2-20-13(19)6-11(17-12(18)7-14)8-3-9(15)5-10(16)4-8/h3-5,11H,2,6-7H2,1H3,(H,17,18). The van der Waals surface area contributed by atoms with Crippen LogP contribution in [0, 0.1) is 0 Å². The number of hydrogen-bond donors (Lipinski definition) is 1. The monoisotopic (exact) mass is 337 g/mol. The maximum absolute atomic E-state index is 11.6. The third kappa shape index (κ3) is 5.57. The van der Waals surface area contributed by atoms with Crippen molar-refractivity contribution in [2.45, 2.75) is 19.4 Å². The molecule has 1 rings (SSSR count). The lowest BCUT2D eigenvalue weighted by atomic mass is 10.0. The number of halogens is 3. The fraction of sp³-hybridized carbons (Fsp3) is 0.385. The Morgan fingerprint density at radius 3 is 2.35 bits per heavy atom. The minimum atomic E-state index is -0.587. The lowest BCUT2D eigenvalue weighted by Gasteiger charge is -2.18. The Labute approximate surface area is 132 Å². The second-order valence-corrected chi connectivity index (χ2v) is 5.11. The van der Waals surface area contributed by atoms with E-state index in [0.29, 0.717) is 15.6 Å². The van der Waals surface area contributed by atoms with E-state index in [2.05, 4.69) is 5.32 Å². The highest BCUT2D eigenvalue weighted by atomic mass is 35.5. The Kier molecular flexibility index (Phi) is 7.13. The van der Waals surface area contributed by atoms with Gasteiger partial charge in [0.15, 0.2) is 0 Å². The van der Waals surface area contributed by atoms with E-state index in [9.17, 15) is 9.59 Å². The average molecular weight is 339 g/mol. The Balaban J connectivity index is 2.96. The van der Waals surface area contributed by atoms with Gasteiger partial charge in [0.25, 0.3) is 0 Å². The summed E-state index contributed by atoms with van der Waals surface area (Å²) in [4.78, 5) is 23.0. The molecule has 7 heteroatoms. The van der Waals surface area contributed by atoms with Gasteiger partial charge in [0.05, 0.1) is 19.1 Å². The van der Waals surface area contributed by atoms with Gasteiger partial charge in [-0.2, -0.15) is 0 Å². The van der Waals surface area contributed by atoms with Crippen LogP contribution in [0.15, 0.2) is 18.2 Å². The van der Waals surface area contributed by atoms with E-state index < -0.39 is 17.9 Å². The second-order valence-electron chi connectivity index (χ2n) is 3.97. The minimum absolute atomic E-state index is 0.0207. The summed E-state index contributed by atoms with van der Waals surface area (Å²) in [6, 6.07) is 4.24. The molecule has 1 atom stereocenters. The van der Waals surface area contributed by atoms with Crippen LogP contribution in [0.2, 0.25) is 10.0 Å². The van der Waals surface area contributed by atoms with E-state index in [0.717, 1.165) is 0 Å². The van der Waals surface area contributed by atoms with Crippen LogP contribution in [-0.4, -0.2) is 24.4 Å². The molecule has 4 nitrogen and oxygen atoms in total. The van der Waals surface area contributed by atoms with E-state index in [1.165, 1.54) is 0 Å². The first-order valence-corrected chi connectivity index (χ1v) is 7.22. The lowest BCUT2D eigenvalue weighted by Crippen LogP contribution is -2.31. The number of hydrogen-bond acceptors (Lipinski definition) is 3. The van der Waals surface area contributed by atoms with Gasteiger partial charge >= 0.3 is 5.97 Å². The molecule has 20 heavy (non-hydrogen) atoms. The molecule has 0 fully saturated rings. The predicted octanol–water partition coefficient (Wildman–Crippen LogP) is 3.34. The molecule has 0 saturated carbocycles. The van der Waals surface area contributed by atoms with E-state index >= 15 is 0 Å². The number of carbonyl (C=O) groups is 2. The molecule has 0 radical (unpaired) electrons. The van der Waals surface area contributed by atoms with Crippen molar-refractivity contribution in [3.05, 3.63) is 33.8 Å². The van der Waals surface area contributed by atoms with E-state index in [4.69, 9.17) is 39.5 Å². The van der Waals surface area contributed by atoms with Gasteiger partial charge in [-0.05, 0) is 30.7 Å². The zero-order valence-electron chi connectivity index (χ0n) is 10.8. The zero-order valence-corrected chi connectivity index (χ0v) is 13.1. The maximum atomic E-state index is 11.6. The highest BCUT2D eigenvalue weighted by molar-refractivity contribution is 6.34. The topological polar surface area (TPSA) is 55.4 Å². The van der Waals surface area contributed by atoms with E-state index in [1.807, 2.05) is 0 Å². The first kappa shape index (κ1) is 17.1. The number of amides is 1. The van der Waals surface area contributed by atoms with Gasteiger partial charge in [-0.15, -0.1) is 11.6 Å². The number of nitrogens with one attached hydrogen (secondary N) is 1. The molecular formula is C13H14Cl3NO3. The van der Waals surface area contributed by atoms with Crippen molar-refractivity contribution >= 4 is 46.7 Å². The van der Waals surface area contributed by atoms with Crippen LogP contribution in [0.5, 0.6) is 0 Å². The molecular weight excluding hydrogens is 325 g/mol. The van der Waals surface area contributed by atoms with Gasteiger partial charge < -0.3 is 10.1 Å². The van der Waals surface area contributed by atoms with Gasteiger partial charge in [0.1, 0.15) is 5.88 Å². The van der Waals surface area contributed by atoms with Crippen molar-refractivity contribution < 1.29 is 14.3 Å². The third-order valence-corrected chi connectivity index (χ3v) is 3.10. The van der Waals surface area contributed by atoms with Crippen LogP contribution in [0.25, 0.3) is 0 Å². The van der Waals surface area contributed by atoms with Gasteiger partial charge in [0, 0.05) is 10.0 Å². The lowest BCUT2D eigenvalue weighted by molar-refractivity contribution is -0.143. The van der Waals surface area contributed by atoms with Gasteiger partial charge in [0.2, 0.25) is 5.91 Å². The molecule has 110 valence electrons. The van der Waals surface area contributed by atoms with Crippen LogP contribution in [-0.2, 0) is 14.3 Å². The van der Waals surface area contributed by atoms with Gasteiger partial charge in [-0.1, -0.05) is 23.2 Å². The quantitative estimate of drug-likeness (QED) is 0.639. The molecule has 0 heterocycles. The van der Waals surface area contributed by atoms with Gasteiger partial charge in [-0.3, -0.25) is 9.59 Å². The van der Waals surface area contributed by atoms with Crippen LogP contribution >= 0.6 is 34.8 Å². The first-order chi connectivity index (χ1) is 9.46. The summed E-state index contributed by atoms with van der Waals surface area (Å²) < 4.78 is 4.88. The molecule has 1 N–H and O–H groups in total. The van der Waals surface area contributed by atoms with Crippen molar-refractivity contribution in [2.75, 3.05) is 12.5 Å². The van der Waals surface area contributed by atoms with Crippen molar-refractivity contribution in [1.29, 1.82) is 0 Å². The molecule has 0 aliphatic rings. The highest BCUT2D eigenvalue weighted by Gasteiger charge is 2.19. The Morgan fingerprint density at radius 1 is 1.25 bits per heavy atom. The number of benzene rings is 1. The van der Waals surface area contributed by atoms with Crippen LogP contribution in [0.3, 0.4) is 0 Å². The number of ether oxygens (including phenoxy) is 1. The Bertz CT molecular complexity index is 473. The molecule has 1 aromatic carbocycles. The van der Waals surface area contributed by atoms with Crippen LogP contribution < -0.4 is 5.32 Å². The molecule has 1 aromatic rings. The van der Waals surface area contributed by atoms with Gasteiger partial charge in [-0.25, -0.2) is 0 Å². The summed E-state index contributed by atoms with van der Waals surface area (Å²) in [6.07, 6.45) is -0.0207. The molecule has 1 amide bonds. The molecule has 0 saturated heterocycles. The Hall–Kier alpha value is -0.970. The molecule has 0 aliphatic carbocycles. The average Bonchev–Trinajstić information content (AvgIpc) is 2.36. The second kappa shape index (κ2) is 8.35. The van der Waals surface area contributed by atoms with Crippen LogP contribution in [0.1, 0.15) is 24.9 Å². The molecule has 0 aromatic heterocycles. The highest BCUT2D eigenvalue weighted by Crippen LogP contribution is 2.25. The summed E-state index contributed by atoms with van der Waals surface area (Å²) in [5.41, 5.74) is 0.619. The molecule has 0 bridgehead atoms. The summed E-state index contributed by atoms with van der Waals surface area (Å²) in [5, 5.41) is 3.47. The van der Waals surface area contributed by atoms with E-state index in [-0.39, 0.29) is 18.9 Å². The summed E-state index contributed by atoms with van der Waals surface area (Å²) >= 11 is 17.3. The van der Waals surface area contributed by atoms with Crippen molar-refractivity contribution in [3.63, 3.8) is 0 Å². The largest absolute Gasteiger partial charge is 0.466 e. The third-order valence-electron chi connectivity index (χ3n) is 2.42. The van der Waals surface area contributed by atoms with E-state index in [1.54, 1.807) is 25.1 Å². The minimum Gasteiger partial charge on any atom is -0.466 e. The number of carbonyl (C=O) groups excluding carboxylic acids is 2. The summed E-state index contributed by atoms with van der Waals surface area (Å²) in [5.74, 6) is -1.02. The summed E-state index contributed by atoms with van der Waals surface area (Å²) in [6.45, 7) is 1.98. The first-order valence-electron chi connectivity index (χ1n) is 5.93. The normalized spacial score (nSPS) is 11.8. The molecule has 0 spiro atoms. The fourth-order valence-electron chi connectivity index (χ4n) is 1.65. The Morgan fingerprint density at radius 2 is 1.85 bits per heavy atom. The van der Waals surface area contributed by atoms with Crippen molar-refractivity contribution in [1.82, 2.24) is 5.32 Å². The van der Waals surface area contributed by atoms with Crippen LogP contribution in [0.4, 0.5) is 0 Å². The number of alkyl halides is 1. The van der Waals surface area contributed by atoms with Crippen molar-refractivity contribution in [2.24, 2.45) is 0 Å². The molecule has 0 aliphatic heterocycles. The smallest absolute Gasteiger partial charge is 0.308 e. The zero-order chi connectivity index (χ0) is 15.1. The SMILES string of the molecule is CCOC(=O)CC(NC(=O)CCl)c1cc(Cl)cc(Cl)c1. The maximum Gasteiger partial charge on any atom is 0.308 e. The number of rotatable bonds is 6. The van der Waals surface area contributed by atoms with Crippen molar-refractivity contribution in [3.8, 4) is 0 Å². The number of esters is 1. The fourth-order valence-corrected chi connectivity index (χ4v) is 2.27.